The Kier molecular flexibility index (Phi) is 4.40. The van der Waals surface area contributed by atoms with Gasteiger partial charge in [-0.1, -0.05) is 0 Å². The number of carbonyl (C=O) groups is 1. The molecule has 0 aliphatic heterocycles. The lowest BCUT2D eigenvalue weighted by molar-refractivity contribution is -0.137. The fourth-order valence-corrected chi connectivity index (χ4v) is 4.20. The van der Waals surface area contributed by atoms with Crippen LogP contribution in [-0.4, -0.2) is 21.2 Å². The Morgan fingerprint density at radius 3 is 2.46 bits per heavy atom. The van der Waals surface area contributed by atoms with Gasteiger partial charge in [0.25, 0.3) is 5.91 Å². The number of benzene rings is 1. The van der Waals surface area contributed by atoms with E-state index in [-0.39, 0.29) is 21.9 Å². The average Bonchev–Trinajstić information content (AvgIpc) is 2.48. The molecule has 1 amide bonds. The second-order valence-electron chi connectivity index (χ2n) is 7.36. The molecule has 1 aromatic rings. The molecule has 3 aliphatic rings. The predicted molar refractivity (Wildman–Crippen MR) is 90.4 cm³/mol. The van der Waals surface area contributed by atoms with Crippen molar-refractivity contribution in [1.82, 2.24) is 5.32 Å². The minimum atomic E-state index is -4.57. The number of carbonyl (C=O) groups excluding carboxylic acids is 1. The van der Waals surface area contributed by atoms with Gasteiger partial charge in [0.1, 0.15) is 5.25 Å². The topological polar surface area (TPSA) is 88.0 Å². The summed E-state index contributed by atoms with van der Waals surface area (Å²) in [6.45, 7) is 3.30. The lowest BCUT2D eigenvalue weighted by Gasteiger charge is -2.66. The minimum absolute atomic E-state index is 0.00253. The molecule has 1 aromatic carbocycles. The molecule has 0 aromatic heterocycles. The summed E-state index contributed by atoms with van der Waals surface area (Å²) < 4.78 is 53.5. The third-order valence-electron chi connectivity index (χ3n) is 4.88. The van der Waals surface area contributed by atoms with E-state index in [0.717, 1.165) is 18.2 Å². The molecule has 26 heavy (non-hydrogen) atoms. The predicted octanol–water partition coefficient (Wildman–Crippen LogP) is 3.37. The van der Waals surface area contributed by atoms with Gasteiger partial charge in [0.05, 0.1) is 39.7 Å². The molecule has 3 fully saturated rings. The van der Waals surface area contributed by atoms with E-state index in [1.165, 1.54) is 0 Å². The number of alkyl halides is 3. The van der Waals surface area contributed by atoms with Crippen molar-refractivity contribution in [3.8, 4) is 6.07 Å². The Morgan fingerprint density at radius 2 is 1.96 bits per heavy atom. The van der Waals surface area contributed by atoms with Crippen molar-refractivity contribution in [2.45, 2.75) is 50.1 Å². The number of anilines is 1. The van der Waals surface area contributed by atoms with Crippen LogP contribution >= 0.6 is 0 Å². The fraction of sp³-hybridized carbons (Fsp3) is 0.529. The zero-order valence-corrected chi connectivity index (χ0v) is 15.1. The van der Waals surface area contributed by atoms with Crippen LogP contribution in [0.5, 0.6) is 0 Å². The quantitative estimate of drug-likeness (QED) is 0.761. The van der Waals surface area contributed by atoms with Crippen molar-refractivity contribution in [2.24, 2.45) is 5.41 Å². The smallest absolute Gasteiger partial charge is 0.416 e. The van der Waals surface area contributed by atoms with E-state index in [9.17, 15) is 22.5 Å². The highest BCUT2D eigenvalue weighted by molar-refractivity contribution is 7.93. The van der Waals surface area contributed by atoms with E-state index in [1.807, 2.05) is 0 Å². The van der Waals surface area contributed by atoms with Crippen LogP contribution in [0.4, 0.5) is 18.9 Å². The molecule has 0 heterocycles. The van der Waals surface area contributed by atoms with E-state index in [0.29, 0.717) is 19.3 Å². The maximum Gasteiger partial charge on any atom is 0.416 e. The first kappa shape index (κ1) is 18.9. The van der Waals surface area contributed by atoms with Crippen LogP contribution in [0.25, 0.3) is 0 Å². The summed E-state index contributed by atoms with van der Waals surface area (Å²) in [7, 11) is 0. The van der Waals surface area contributed by atoms with E-state index in [2.05, 4.69) is 16.1 Å². The first-order chi connectivity index (χ1) is 12.0. The minimum Gasteiger partial charge on any atom is -0.593 e. The van der Waals surface area contributed by atoms with Crippen molar-refractivity contribution < 1.29 is 22.5 Å². The summed E-state index contributed by atoms with van der Waals surface area (Å²) in [5, 5.41) is 11.5. The van der Waals surface area contributed by atoms with E-state index >= 15 is 0 Å². The second-order valence-corrected chi connectivity index (χ2v) is 9.11. The van der Waals surface area contributed by atoms with Crippen molar-refractivity contribution in [3.63, 3.8) is 0 Å². The molecule has 4 rings (SSSR count). The monoisotopic (exact) mass is 385 g/mol. The Bertz CT molecular complexity index is 769. The third kappa shape index (κ3) is 3.23. The molecule has 1 unspecified atom stereocenters. The molecule has 0 spiro atoms. The number of hydrogen-bond acceptors (Lipinski definition) is 4. The molecule has 140 valence electrons. The van der Waals surface area contributed by atoms with E-state index < -0.39 is 34.5 Å². The van der Waals surface area contributed by atoms with Gasteiger partial charge in [-0.2, -0.15) is 18.4 Å². The molecule has 1 atom stereocenters. The Labute approximate surface area is 152 Å². The summed E-state index contributed by atoms with van der Waals surface area (Å²) in [6.07, 6.45) is -2.89. The molecule has 3 aliphatic carbocycles. The zero-order chi connectivity index (χ0) is 19.3. The number of nitrogens with one attached hydrogen (secondary N) is 2. The maximum absolute atomic E-state index is 13.0. The molecule has 5 nitrogen and oxygen atoms in total. The van der Waals surface area contributed by atoms with Gasteiger partial charge in [-0.05, 0) is 51.3 Å². The standard InChI is InChI=1S/C17H18F3N3O2S/c1-10(2)26(25)23-13-5-11(17(18,19)20)3-4-12(13)14(24)22-16-6-15(7-16,8-16)9-21/h3-5,10,23H,6-8H2,1-2H3,(H,22,24). The van der Waals surface area contributed by atoms with Crippen molar-refractivity contribution in [3.05, 3.63) is 29.3 Å². The van der Waals surface area contributed by atoms with Crippen LogP contribution < -0.4 is 10.0 Å². The summed E-state index contributed by atoms with van der Waals surface area (Å²) in [5.41, 5.74) is -1.84. The Hall–Kier alpha value is -1.92. The SMILES string of the molecule is CC(C)[S+]([O-])Nc1cc(C(F)(F)F)ccc1C(=O)NC12CC(C#N)(C1)C2. The lowest BCUT2D eigenvalue weighted by Crippen LogP contribution is -2.74. The molecule has 0 radical (unpaired) electrons. The molecular formula is C17H18F3N3O2S. The number of halogens is 3. The van der Waals surface area contributed by atoms with Crippen LogP contribution in [0.15, 0.2) is 18.2 Å². The first-order valence-electron chi connectivity index (χ1n) is 8.12. The second kappa shape index (κ2) is 6.06. The normalized spacial score (nSPS) is 27.8. The molecule has 3 saturated carbocycles. The highest BCUT2D eigenvalue weighted by atomic mass is 32.2. The highest BCUT2D eigenvalue weighted by Crippen LogP contribution is 2.66. The van der Waals surface area contributed by atoms with Gasteiger partial charge in [0, 0.05) is 5.54 Å². The highest BCUT2D eigenvalue weighted by Gasteiger charge is 2.69. The van der Waals surface area contributed by atoms with Crippen molar-refractivity contribution in [2.75, 3.05) is 4.72 Å². The summed E-state index contributed by atoms with van der Waals surface area (Å²) >= 11 is -1.63. The lowest BCUT2D eigenvalue weighted by atomic mass is 9.40. The van der Waals surface area contributed by atoms with Gasteiger partial charge in [-0.25, -0.2) is 4.72 Å². The van der Waals surface area contributed by atoms with Crippen molar-refractivity contribution in [1.29, 1.82) is 5.26 Å². The Morgan fingerprint density at radius 1 is 1.35 bits per heavy atom. The summed E-state index contributed by atoms with van der Waals surface area (Å²) in [4.78, 5) is 12.6. The molecular weight excluding hydrogens is 367 g/mol. The fourth-order valence-electron chi connectivity index (χ4n) is 3.58. The molecule has 2 bridgehead atoms. The van der Waals surface area contributed by atoms with Crippen LogP contribution in [0, 0.1) is 16.7 Å². The first-order valence-corrected chi connectivity index (χ1v) is 9.33. The maximum atomic E-state index is 13.0. The van der Waals surface area contributed by atoms with Gasteiger partial charge in [0.2, 0.25) is 0 Å². The average molecular weight is 385 g/mol. The van der Waals surface area contributed by atoms with Crippen LogP contribution in [0.1, 0.15) is 49.0 Å². The number of nitriles is 1. The van der Waals surface area contributed by atoms with Gasteiger partial charge in [-0.3, -0.25) is 4.79 Å². The van der Waals surface area contributed by atoms with Gasteiger partial charge in [0.15, 0.2) is 0 Å². The van der Waals surface area contributed by atoms with Crippen molar-refractivity contribution >= 4 is 23.0 Å². The summed E-state index contributed by atoms with van der Waals surface area (Å²) in [5.74, 6) is -0.534. The molecule has 0 saturated heterocycles. The van der Waals surface area contributed by atoms with Crippen LogP contribution in [0.2, 0.25) is 0 Å². The van der Waals surface area contributed by atoms with Gasteiger partial charge in [-0.15, -0.1) is 0 Å². The van der Waals surface area contributed by atoms with E-state index in [4.69, 9.17) is 5.26 Å². The van der Waals surface area contributed by atoms with Crippen LogP contribution in [0.3, 0.4) is 0 Å². The molecule has 2 N–H and O–H groups in total. The summed E-state index contributed by atoms with van der Waals surface area (Å²) in [6, 6.07) is 4.94. The van der Waals surface area contributed by atoms with Gasteiger partial charge >= 0.3 is 6.18 Å². The molecule has 9 heteroatoms. The van der Waals surface area contributed by atoms with Gasteiger partial charge < -0.3 is 9.87 Å². The zero-order valence-electron chi connectivity index (χ0n) is 14.2. The third-order valence-corrected chi connectivity index (χ3v) is 6.15. The van der Waals surface area contributed by atoms with E-state index in [1.54, 1.807) is 13.8 Å². The van der Waals surface area contributed by atoms with Crippen LogP contribution in [-0.2, 0) is 17.5 Å². The number of hydrogen-bond donors (Lipinski definition) is 2. The number of nitrogens with zero attached hydrogens (tertiary/aromatic N) is 1. The number of amides is 1. The largest absolute Gasteiger partial charge is 0.593 e. The Balaban J connectivity index is 1.83. The number of rotatable bonds is 5.